The number of carbonyl (C=O) groups excluding carboxylic acids is 2. The van der Waals surface area contributed by atoms with Crippen molar-refractivity contribution in [2.24, 2.45) is 5.73 Å². The molecule has 110 valence electrons. The fourth-order valence-corrected chi connectivity index (χ4v) is 3.71. The Morgan fingerprint density at radius 1 is 1.43 bits per heavy atom. The van der Waals surface area contributed by atoms with Crippen LogP contribution in [0.4, 0.5) is 0 Å². The van der Waals surface area contributed by atoms with E-state index < -0.39 is 0 Å². The molecular weight excluding hydrogens is 286 g/mol. The summed E-state index contributed by atoms with van der Waals surface area (Å²) in [5.41, 5.74) is 5.34. The molecule has 2 aliphatic heterocycles. The molecular formula is C15H17N3O2S. The zero-order chi connectivity index (χ0) is 14.8. The molecule has 0 aromatic carbocycles. The molecule has 3 rings (SSSR count). The molecule has 2 fully saturated rings. The molecule has 0 saturated carbocycles. The lowest BCUT2D eigenvalue weighted by molar-refractivity contribution is -0.130. The summed E-state index contributed by atoms with van der Waals surface area (Å²) >= 11 is 1.40. The van der Waals surface area contributed by atoms with Crippen molar-refractivity contribution in [1.29, 1.82) is 0 Å². The first-order chi connectivity index (χ1) is 10.2. The molecule has 0 spiro atoms. The van der Waals surface area contributed by atoms with Crippen molar-refractivity contribution in [2.45, 2.75) is 18.9 Å². The molecule has 0 aliphatic carbocycles. The van der Waals surface area contributed by atoms with E-state index in [1.165, 1.54) is 11.3 Å². The maximum atomic E-state index is 12.5. The first-order valence-corrected chi connectivity index (χ1v) is 7.88. The van der Waals surface area contributed by atoms with Crippen LogP contribution < -0.4 is 5.73 Å². The summed E-state index contributed by atoms with van der Waals surface area (Å²) in [6.45, 7) is 2.23. The Morgan fingerprint density at radius 2 is 2.29 bits per heavy atom. The highest BCUT2D eigenvalue weighted by atomic mass is 32.1. The van der Waals surface area contributed by atoms with Gasteiger partial charge in [0.25, 0.3) is 5.91 Å². The smallest absolute Gasteiger partial charge is 0.264 e. The van der Waals surface area contributed by atoms with Gasteiger partial charge in [-0.25, -0.2) is 0 Å². The van der Waals surface area contributed by atoms with Gasteiger partial charge < -0.3 is 15.5 Å². The second-order valence-corrected chi connectivity index (χ2v) is 6.28. The molecule has 1 atom stereocenters. The minimum Gasteiger partial charge on any atom is -0.336 e. The molecule has 2 amide bonds. The van der Waals surface area contributed by atoms with Crippen LogP contribution in [0.3, 0.4) is 0 Å². The lowest BCUT2D eigenvalue weighted by Crippen LogP contribution is -2.53. The highest BCUT2D eigenvalue weighted by Crippen LogP contribution is 2.25. The molecule has 0 radical (unpaired) electrons. The van der Waals surface area contributed by atoms with Crippen molar-refractivity contribution in [3.05, 3.63) is 21.9 Å². The summed E-state index contributed by atoms with van der Waals surface area (Å²) in [6, 6.07) is 3.88. The molecule has 6 heteroatoms. The number of hydrogen-bond donors (Lipinski definition) is 1. The van der Waals surface area contributed by atoms with E-state index >= 15 is 0 Å². The quantitative estimate of drug-likeness (QED) is 0.769. The zero-order valence-electron chi connectivity index (χ0n) is 11.7. The molecule has 3 heterocycles. The number of piperazine rings is 1. The Kier molecular flexibility index (Phi) is 3.95. The van der Waals surface area contributed by atoms with E-state index in [0.717, 1.165) is 11.3 Å². The van der Waals surface area contributed by atoms with E-state index in [2.05, 4.69) is 11.8 Å². The van der Waals surface area contributed by atoms with E-state index in [1.54, 1.807) is 0 Å². The van der Waals surface area contributed by atoms with Crippen LogP contribution in [-0.4, -0.2) is 53.8 Å². The molecule has 1 aromatic heterocycles. The summed E-state index contributed by atoms with van der Waals surface area (Å²) in [4.78, 5) is 29.5. The molecule has 0 bridgehead atoms. The Morgan fingerprint density at radius 3 is 3.10 bits per heavy atom. The normalized spacial score (nSPS) is 21.0. The number of rotatable bonds is 1. The van der Waals surface area contributed by atoms with E-state index in [0.29, 0.717) is 37.5 Å². The number of thiophene rings is 1. The summed E-state index contributed by atoms with van der Waals surface area (Å²) in [5, 5.41) is 0. The van der Waals surface area contributed by atoms with E-state index in [-0.39, 0.29) is 17.9 Å². The molecule has 2 saturated heterocycles. The number of amides is 2. The van der Waals surface area contributed by atoms with E-state index in [4.69, 9.17) is 5.73 Å². The van der Waals surface area contributed by atoms with Gasteiger partial charge in [-0.15, -0.1) is 11.3 Å². The van der Waals surface area contributed by atoms with Crippen molar-refractivity contribution in [3.8, 4) is 11.8 Å². The van der Waals surface area contributed by atoms with Crippen LogP contribution in [-0.2, 0) is 4.79 Å². The first kappa shape index (κ1) is 14.1. The predicted octanol–water partition coefficient (Wildman–Crippen LogP) is 0.505. The van der Waals surface area contributed by atoms with Gasteiger partial charge in [0.15, 0.2) is 0 Å². The van der Waals surface area contributed by atoms with Gasteiger partial charge in [-0.1, -0.05) is 11.8 Å². The van der Waals surface area contributed by atoms with Gasteiger partial charge in [0.2, 0.25) is 5.91 Å². The molecule has 1 unspecified atom stereocenters. The topological polar surface area (TPSA) is 66.6 Å². The Balaban J connectivity index is 1.68. The Bertz CT molecular complexity index is 628. The summed E-state index contributed by atoms with van der Waals surface area (Å²) in [5.74, 6) is 6.00. The molecule has 2 N–H and O–H groups in total. The van der Waals surface area contributed by atoms with Crippen LogP contribution in [0.2, 0.25) is 0 Å². The van der Waals surface area contributed by atoms with Crippen LogP contribution in [0.5, 0.6) is 0 Å². The number of hydrogen-bond acceptors (Lipinski definition) is 4. The number of carbonyl (C=O) groups is 2. The fraction of sp³-hybridized carbons (Fsp3) is 0.467. The zero-order valence-corrected chi connectivity index (χ0v) is 12.5. The van der Waals surface area contributed by atoms with Crippen LogP contribution in [0.1, 0.15) is 27.4 Å². The van der Waals surface area contributed by atoms with Gasteiger partial charge in [-0.3, -0.25) is 9.59 Å². The van der Waals surface area contributed by atoms with Crippen LogP contribution in [0, 0.1) is 11.8 Å². The fourth-order valence-electron chi connectivity index (χ4n) is 2.86. The highest BCUT2D eigenvalue weighted by molar-refractivity contribution is 7.14. The van der Waals surface area contributed by atoms with Crippen molar-refractivity contribution in [2.75, 3.05) is 26.2 Å². The van der Waals surface area contributed by atoms with Crippen molar-refractivity contribution >= 4 is 23.2 Å². The first-order valence-electron chi connectivity index (χ1n) is 7.06. The molecule has 5 nitrogen and oxygen atoms in total. The van der Waals surface area contributed by atoms with Crippen molar-refractivity contribution in [3.63, 3.8) is 0 Å². The van der Waals surface area contributed by atoms with E-state index in [9.17, 15) is 9.59 Å². The van der Waals surface area contributed by atoms with Gasteiger partial charge >= 0.3 is 0 Å². The second kappa shape index (κ2) is 5.88. The van der Waals surface area contributed by atoms with Crippen molar-refractivity contribution < 1.29 is 9.59 Å². The molecule has 1 aromatic rings. The Labute approximate surface area is 127 Å². The van der Waals surface area contributed by atoms with Crippen LogP contribution in [0.25, 0.3) is 0 Å². The van der Waals surface area contributed by atoms with Gasteiger partial charge in [0.05, 0.1) is 16.3 Å². The van der Waals surface area contributed by atoms with Crippen LogP contribution in [0.15, 0.2) is 12.1 Å². The van der Waals surface area contributed by atoms with Gasteiger partial charge in [0.1, 0.15) is 0 Å². The summed E-state index contributed by atoms with van der Waals surface area (Å²) < 4.78 is 0. The lowest BCUT2D eigenvalue weighted by Gasteiger charge is -2.37. The maximum absolute atomic E-state index is 12.5. The maximum Gasteiger partial charge on any atom is 0.264 e. The molecule has 2 aliphatic rings. The van der Waals surface area contributed by atoms with E-state index in [1.807, 2.05) is 21.9 Å². The highest BCUT2D eigenvalue weighted by Gasteiger charge is 2.37. The standard InChI is InChI=1S/C15H17N3O2S/c16-7-1-2-12-4-5-13(21-12)15(20)17-8-9-18-11(10-17)3-6-14(18)19/h4-5,11H,3,6-10,16H2. The average molecular weight is 303 g/mol. The van der Waals surface area contributed by atoms with Crippen molar-refractivity contribution in [1.82, 2.24) is 9.80 Å². The lowest BCUT2D eigenvalue weighted by atomic mass is 10.1. The van der Waals surface area contributed by atoms with Gasteiger partial charge in [-0.2, -0.15) is 0 Å². The van der Waals surface area contributed by atoms with Crippen LogP contribution >= 0.6 is 11.3 Å². The third-order valence-electron chi connectivity index (χ3n) is 3.91. The number of nitrogens with two attached hydrogens (primary N) is 1. The monoisotopic (exact) mass is 303 g/mol. The summed E-state index contributed by atoms with van der Waals surface area (Å²) in [7, 11) is 0. The Hall–Kier alpha value is -1.84. The second-order valence-electron chi connectivity index (χ2n) is 5.20. The van der Waals surface area contributed by atoms with Gasteiger partial charge in [-0.05, 0) is 18.6 Å². The van der Waals surface area contributed by atoms with Gasteiger partial charge in [0, 0.05) is 32.1 Å². The average Bonchev–Trinajstić information content (AvgIpc) is 3.11. The SMILES string of the molecule is NCC#Cc1ccc(C(=O)N2CCN3C(=O)CCC3C2)s1. The number of nitrogens with zero attached hydrogens (tertiary/aromatic N) is 2. The summed E-state index contributed by atoms with van der Waals surface area (Å²) in [6.07, 6.45) is 1.48. The largest absolute Gasteiger partial charge is 0.336 e. The third-order valence-corrected chi connectivity index (χ3v) is 4.90. The predicted molar refractivity (Wildman–Crippen MR) is 80.9 cm³/mol. The number of fused-ring (bicyclic) bond motifs is 1. The molecule has 21 heavy (non-hydrogen) atoms. The third kappa shape index (κ3) is 2.80. The minimum atomic E-state index is 0.0415. The minimum absolute atomic E-state index is 0.0415.